The zero-order valence-electron chi connectivity index (χ0n) is 5.21. The molecule has 1 nitrogen and oxygen atoms in total. The van der Waals surface area contributed by atoms with Gasteiger partial charge in [0, 0.05) is 14.2 Å². The van der Waals surface area contributed by atoms with Crippen molar-refractivity contribution < 1.29 is 4.21 Å². The summed E-state index contributed by atoms with van der Waals surface area (Å²) >= 11 is 3.93. The molecule has 0 atom stereocenters. The van der Waals surface area contributed by atoms with Gasteiger partial charge in [-0.15, -0.1) is 0 Å². The van der Waals surface area contributed by atoms with Crippen molar-refractivity contribution in [2.45, 2.75) is 5.75 Å². The Hall–Kier alpha value is -0.280. The van der Waals surface area contributed by atoms with Gasteiger partial charge in [0.15, 0.2) is 0 Å². The number of halogens is 1. The van der Waals surface area contributed by atoms with Crippen molar-refractivity contribution in [3.8, 4) is 0 Å². The Kier molecular flexibility index (Phi) is 2.96. The molecule has 0 aliphatic rings. The molecule has 0 spiro atoms. The zero-order chi connectivity index (χ0) is 7.40. The molecule has 0 aliphatic heterocycles. The lowest BCUT2D eigenvalue weighted by atomic mass is 10.2. The van der Waals surface area contributed by atoms with E-state index >= 15 is 0 Å². The van der Waals surface area contributed by atoms with Crippen molar-refractivity contribution in [2.24, 2.45) is 0 Å². The van der Waals surface area contributed by atoms with Crippen LogP contribution in [0.15, 0.2) is 28.7 Å². The Balaban J connectivity index is 2.91. The lowest BCUT2D eigenvalue weighted by molar-refractivity contribution is 0.604. The van der Waals surface area contributed by atoms with Crippen molar-refractivity contribution >= 4 is 27.6 Å². The number of hydrogen-bond acceptors (Lipinski definition) is 1. The molecule has 1 aromatic rings. The third kappa shape index (κ3) is 1.85. The first-order valence-corrected chi connectivity index (χ1v) is 4.53. The molecule has 0 aliphatic carbocycles. The van der Waals surface area contributed by atoms with E-state index in [1.165, 1.54) is 0 Å². The minimum absolute atomic E-state index is 0.529. The van der Waals surface area contributed by atoms with E-state index in [1.54, 1.807) is 0 Å². The van der Waals surface area contributed by atoms with E-state index in [0.29, 0.717) is 17.4 Å². The fraction of sp³-hybridized carbons (Fsp3) is 0.143. The monoisotopic (exact) mass is 217 g/mol. The van der Waals surface area contributed by atoms with Crippen LogP contribution in [0.4, 0.5) is 0 Å². The molecule has 0 N–H and O–H groups in total. The quantitative estimate of drug-likeness (QED) is 0.696. The molecule has 1 rings (SSSR count). The molecule has 0 amide bonds. The smallest absolute Gasteiger partial charge is 0.0617 e. The van der Waals surface area contributed by atoms with Gasteiger partial charge in [0.05, 0.1) is 0 Å². The predicted molar refractivity (Wildman–Crippen MR) is 45.9 cm³/mol. The van der Waals surface area contributed by atoms with Crippen LogP contribution in [0.2, 0.25) is 0 Å². The van der Waals surface area contributed by atoms with E-state index in [1.807, 2.05) is 24.3 Å². The summed E-state index contributed by atoms with van der Waals surface area (Å²) < 4.78 is 11.2. The summed E-state index contributed by atoms with van der Waals surface area (Å²) in [6, 6.07) is 7.74. The van der Waals surface area contributed by atoms with Crippen molar-refractivity contribution in [1.82, 2.24) is 0 Å². The minimum Gasteiger partial charge on any atom is -0.0617 e. The molecule has 0 bridgehead atoms. The summed E-state index contributed by atoms with van der Waals surface area (Å²) in [5.41, 5.74) is 1.06. The van der Waals surface area contributed by atoms with Gasteiger partial charge >= 0.3 is 11.7 Å². The minimum atomic E-state index is 0.529. The van der Waals surface area contributed by atoms with Crippen LogP contribution in [-0.2, 0) is 21.6 Å². The van der Waals surface area contributed by atoms with Crippen molar-refractivity contribution in [3.05, 3.63) is 34.3 Å². The Morgan fingerprint density at radius 1 is 1.40 bits per heavy atom. The lowest BCUT2D eigenvalue weighted by Crippen LogP contribution is -1.81. The highest BCUT2D eigenvalue weighted by Crippen LogP contribution is 2.15. The molecular weight excluding hydrogens is 212 g/mol. The van der Waals surface area contributed by atoms with E-state index in [4.69, 9.17) is 0 Å². The molecule has 0 fully saturated rings. The van der Waals surface area contributed by atoms with Crippen LogP contribution < -0.4 is 0 Å². The summed E-state index contributed by atoms with van der Waals surface area (Å²) in [7, 11) is 0. The maximum absolute atomic E-state index is 10.1. The van der Waals surface area contributed by atoms with Gasteiger partial charge in [-0.25, -0.2) is 0 Å². The normalized spacial score (nSPS) is 9.30. The molecule has 0 unspecified atom stereocenters. The second kappa shape index (κ2) is 3.78. The Labute approximate surface area is 72.1 Å². The predicted octanol–water partition coefficient (Wildman–Crippen LogP) is 2.38. The molecule has 0 heterocycles. The summed E-state index contributed by atoms with van der Waals surface area (Å²) in [6.07, 6.45) is 0. The van der Waals surface area contributed by atoms with Gasteiger partial charge in [-0.05, 0) is 6.07 Å². The largest absolute Gasteiger partial charge is 0.463 e. The Bertz CT molecular complexity index is 237. The molecule has 0 saturated carbocycles. The molecule has 52 valence electrons. The zero-order valence-corrected chi connectivity index (χ0v) is 7.61. The Morgan fingerprint density at radius 2 is 2.10 bits per heavy atom. The average molecular weight is 218 g/mol. The fourth-order valence-electron chi connectivity index (χ4n) is 0.679. The molecule has 1 aromatic carbocycles. The van der Waals surface area contributed by atoms with Gasteiger partial charge in [-0.1, -0.05) is 34.1 Å². The average Bonchev–Trinajstić information content (AvgIpc) is 1.94. The van der Waals surface area contributed by atoms with Crippen LogP contribution in [0.5, 0.6) is 0 Å². The first kappa shape index (κ1) is 7.82. The first-order chi connectivity index (χ1) is 4.84. The van der Waals surface area contributed by atoms with Gasteiger partial charge in [-0.3, -0.25) is 0 Å². The van der Waals surface area contributed by atoms with E-state index in [-0.39, 0.29) is 0 Å². The molecular formula is C7H6BrOS+. The van der Waals surface area contributed by atoms with Crippen molar-refractivity contribution in [1.29, 1.82) is 0 Å². The van der Waals surface area contributed by atoms with Gasteiger partial charge in [0.2, 0.25) is 0 Å². The maximum Gasteiger partial charge on any atom is 0.463 e. The Morgan fingerprint density at radius 3 is 2.70 bits per heavy atom. The van der Waals surface area contributed by atoms with Gasteiger partial charge in [0.25, 0.3) is 5.75 Å². The van der Waals surface area contributed by atoms with Crippen LogP contribution in [0.1, 0.15) is 5.56 Å². The second-order valence-electron chi connectivity index (χ2n) is 1.85. The van der Waals surface area contributed by atoms with Crippen LogP contribution in [0.3, 0.4) is 0 Å². The van der Waals surface area contributed by atoms with Crippen molar-refractivity contribution in [3.63, 3.8) is 0 Å². The van der Waals surface area contributed by atoms with Crippen LogP contribution >= 0.6 is 15.9 Å². The van der Waals surface area contributed by atoms with Crippen LogP contribution in [-0.4, -0.2) is 0 Å². The maximum atomic E-state index is 10.1. The van der Waals surface area contributed by atoms with Gasteiger partial charge in [-0.2, -0.15) is 0 Å². The standard InChI is InChI=1S/C7H6BrOS/c8-7-4-2-1-3-6(7)5-10-9/h1-4H,5H2/q+1. The first-order valence-electron chi connectivity index (χ1n) is 2.83. The van der Waals surface area contributed by atoms with E-state index in [9.17, 15) is 4.21 Å². The van der Waals surface area contributed by atoms with Crippen LogP contribution in [0, 0.1) is 0 Å². The van der Waals surface area contributed by atoms with E-state index in [0.717, 1.165) is 10.0 Å². The molecule has 0 radical (unpaired) electrons. The summed E-state index contributed by atoms with van der Waals surface area (Å²) in [6.45, 7) is 0. The second-order valence-corrected chi connectivity index (χ2v) is 3.23. The fourth-order valence-corrected chi connectivity index (χ4v) is 1.67. The van der Waals surface area contributed by atoms with Gasteiger partial charge in [0.1, 0.15) is 0 Å². The molecule has 0 saturated heterocycles. The summed E-state index contributed by atoms with van der Waals surface area (Å²) in [5.74, 6) is 0.529. The molecule has 0 aromatic heterocycles. The third-order valence-corrected chi connectivity index (χ3v) is 2.37. The number of rotatable bonds is 2. The topological polar surface area (TPSA) is 17.1 Å². The lowest BCUT2D eigenvalue weighted by Gasteiger charge is -1.91. The highest BCUT2D eigenvalue weighted by Gasteiger charge is 2.04. The van der Waals surface area contributed by atoms with Gasteiger partial charge < -0.3 is 0 Å². The molecule has 10 heavy (non-hydrogen) atoms. The number of benzene rings is 1. The van der Waals surface area contributed by atoms with Crippen molar-refractivity contribution in [2.75, 3.05) is 0 Å². The SMILES string of the molecule is O=[S+]Cc1ccccc1Br. The summed E-state index contributed by atoms with van der Waals surface area (Å²) in [4.78, 5) is 0. The number of hydrogen-bond donors (Lipinski definition) is 0. The molecule has 3 heteroatoms. The highest BCUT2D eigenvalue weighted by molar-refractivity contribution is 9.10. The van der Waals surface area contributed by atoms with E-state index < -0.39 is 0 Å². The van der Waals surface area contributed by atoms with E-state index in [2.05, 4.69) is 15.9 Å². The van der Waals surface area contributed by atoms with Crippen LogP contribution in [0.25, 0.3) is 0 Å². The third-order valence-electron chi connectivity index (χ3n) is 1.17. The highest BCUT2D eigenvalue weighted by atomic mass is 79.9. The summed E-state index contributed by atoms with van der Waals surface area (Å²) in [5, 5.41) is 0.